The number of hydrogen-bond donors (Lipinski definition) is 3. The number of nitrogens with two attached hydrogens (primary N) is 1. The van der Waals surface area contributed by atoms with Crippen LogP contribution in [0.15, 0.2) is 72.8 Å². The maximum Gasteiger partial charge on any atom is 0.326 e. The molecule has 2 amide bonds. The molecule has 7 heteroatoms. The molecule has 0 saturated heterocycles. The van der Waals surface area contributed by atoms with Crippen LogP contribution in [0.1, 0.15) is 30.0 Å². The summed E-state index contributed by atoms with van der Waals surface area (Å²) in [5, 5.41) is 10.5. The smallest absolute Gasteiger partial charge is 0.326 e. The molecule has 0 bridgehead atoms. The average Bonchev–Trinajstić information content (AvgIpc) is 2.83. The lowest BCUT2D eigenvalue weighted by molar-refractivity contribution is -0.307. The van der Waals surface area contributed by atoms with Crippen molar-refractivity contribution in [3.63, 3.8) is 0 Å². The monoisotopic (exact) mass is 460 g/mol. The van der Waals surface area contributed by atoms with E-state index in [2.05, 4.69) is 72.4 Å². The van der Waals surface area contributed by atoms with Gasteiger partial charge in [-0.3, -0.25) is 5.43 Å². The second kappa shape index (κ2) is 9.73. The summed E-state index contributed by atoms with van der Waals surface area (Å²) in [6, 6.07) is 15.7. The van der Waals surface area contributed by atoms with Crippen LogP contribution in [0.4, 0.5) is 4.79 Å². The van der Waals surface area contributed by atoms with Gasteiger partial charge >= 0.3 is 6.03 Å². The van der Waals surface area contributed by atoms with Gasteiger partial charge < -0.3 is 20.4 Å². The van der Waals surface area contributed by atoms with E-state index in [9.17, 15) is 14.7 Å². The van der Waals surface area contributed by atoms with Crippen molar-refractivity contribution >= 4 is 12.0 Å². The predicted molar refractivity (Wildman–Crippen MR) is 128 cm³/mol. The summed E-state index contributed by atoms with van der Waals surface area (Å²) >= 11 is 0. The zero-order valence-electron chi connectivity index (χ0n) is 19.3. The average molecular weight is 461 g/mol. The molecule has 0 aromatic heterocycles. The van der Waals surface area contributed by atoms with Crippen LogP contribution < -0.4 is 26.4 Å². The second-order valence-corrected chi connectivity index (χ2v) is 9.22. The molecule has 0 radical (unpaired) electrons. The first kappa shape index (κ1) is 23.6. The molecule has 3 aliphatic rings. The van der Waals surface area contributed by atoms with E-state index in [0.29, 0.717) is 23.6 Å². The van der Waals surface area contributed by atoms with Crippen LogP contribution >= 0.6 is 0 Å². The maximum absolute atomic E-state index is 10.6. The van der Waals surface area contributed by atoms with Crippen LogP contribution in [0, 0.1) is 11.3 Å². The largest absolute Gasteiger partial charge is 0.546 e. The van der Waals surface area contributed by atoms with Gasteiger partial charge in [0, 0.05) is 17.4 Å². The molecular weight excluding hydrogens is 430 g/mol. The fourth-order valence-corrected chi connectivity index (χ4v) is 4.96. The number of ether oxygens (including phenoxy) is 1. The Morgan fingerprint density at radius 2 is 1.82 bits per heavy atom. The molecule has 178 valence electrons. The highest BCUT2D eigenvalue weighted by Gasteiger charge is 2.54. The van der Waals surface area contributed by atoms with Gasteiger partial charge in [-0.25, -0.2) is 10.2 Å². The minimum Gasteiger partial charge on any atom is -0.546 e. The molecule has 2 aromatic carbocycles. The lowest BCUT2D eigenvalue weighted by atomic mass is 9.47. The number of carbonyl (C=O) groups is 2. The SMILES string of the molecule is CC12C=CC1(c1ccccc1)C=C2.NC(=O)NNCC1CCc2c(cccc2OCC(=O)[O-])C1. The van der Waals surface area contributed by atoms with Gasteiger partial charge in [0.25, 0.3) is 0 Å². The molecule has 0 fully saturated rings. The molecule has 0 spiro atoms. The van der Waals surface area contributed by atoms with Gasteiger partial charge in [-0.2, -0.15) is 0 Å². The highest BCUT2D eigenvalue weighted by Crippen LogP contribution is 2.60. The summed E-state index contributed by atoms with van der Waals surface area (Å²) in [4.78, 5) is 21.1. The number of benzene rings is 2. The van der Waals surface area contributed by atoms with Gasteiger partial charge in [0.15, 0.2) is 0 Å². The number of rotatable bonds is 7. The number of allylic oxidation sites excluding steroid dienone is 4. The van der Waals surface area contributed by atoms with Gasteiger partial charge in [0.2, 0.25) is 0 Å². The third-order valence-corrected chi connectivity index (χ3v) is 7.02. The molecule has 7 nitrogen and oxygen atoms in total. The Bertz CT molecular complexity index is 1100. The minimum atomic E-state index is -1.23. The standard InChI is InChI=1S/C14H19N3O4.C13H12/c15-14(20)17-16-7-9-4-5-11-10(6-9)2-1-3-12(11)21-8-13(18)19;1-12-7-9-13(12,10-8-12)11-5-3-2-4-6-11/h1-3,9,16H,4-8H2,(H,18,19)(H3,15,17,20);2-10H,1H3/p-1. The molecule has 1 atom stereocenters. The van der Waals surface area contributed by atoms with Crippen molar-refractivity contribution in [2.75, 3.05) is 13.2 Å². The minimum absolute atomic E-state index is 0.230. The Morgan fingerprint density at radius 3 is 2.41 bits per heavy atom. The van der Waals surface area contributed by atoms with Gasteiger partial charge in [0.1, 0.15) is 12.4 Å². The fourth-order valence-electron chi connectivity index (χ4n) is 4.96. The first-order chi connectivity index (χ1) is 16.3. The van der Waals surface area contributed by atoms with Crippen LogP contribution in [0.5, 0.6) is 5.75 Å². The number of fused-ring (bicyclic) bond motifs is 2. The van der Waals surface area contributed by atoms with E-state index in [1.807, 2.05) is 12.1 Å². The fraction of sp³-hybridized carbons (Fsp3) is 0.333. The van der Waals surface area contributed by atoms with E-state index in [4.69, 9.17) is 10.5 Å². The van der Waals surface area contributed by atoms with E-state index in [0.717, 1.165) is 30.4 Å². The summed E-state index contributed by atoms with van der Waals surface area (Å²) in [5.74, 6) is -0.248. The summed E-state index contributed by atoms with van der Waals surface area (Å²) in [7, 11) is 0. The van der Waals surface area contributed by atoms with E-state index in [1.54, 1.807) is 6.07 Å². The van der Waals surface area contributed by atoms with E-state index in [-0.39, 0.29) is 5.41 Å². The number of aliphatic carboxylic acids is 1. The molecule has 0 saturated carbocycles. The van der Waals surface area contributed by atoms with Crippen molar-refractivity contribution in [2.24, 2.45) is 17.1 Å². The quantitative estimate of drug-likeness (QED) is 0.433. The van der Waals surface area contributed by atoms with Crippen molar-refractivity contribution in [1.29, 1.82) is 0 Å². The topological polar surface area (TPSA) is 117 Å². The Kier molecular flexibility index (Phi) is 6.75. The number of hydrogen-bond acceptors (Lipinski definition) is 5. The van der Waals surface area contributed by atoms with Crippen LogP contribution in [-0.2, 0) is 23.1 Å². The van der Waals surface area contributed by atoms with Gasteiger partial charge in [0.05, 0.1) is 5.97 Å². The van der Waals surface area contributed by atoms with Crippen molar-refractivity contribution in [3.05, 3.63) is 89.5 Å². The van der Waals surface area contributed by atoms with Gasteiger partial charge in [-0.1, -0.05) is 73.7 Å². The number of urea groups is 1. The van der Waals surface area contributed by atoms with E-state index < -0.39 is 18.6 Å². The van der Waals surface area contributed by atoms with Crippen molar-refractivity contribution < 1.29 is 19.4 Å². The first-order valence-electron chi connectivity index (χ1n) is 11.5. The van der Waals surface area contributed by atoms with Gasteiger partial charge in [-0.15, -0.1) is 0 Å². The lowest BCUT2D eigenvalue weighted by Gasteiger charge is -2.56. The number of carbonyl (C=O) groups excluding carboxylic acids is 2. The third-order valence-electron chi connectivity index (χ3n) is 7.02. The van der Waals surface area contributed by atoms with Crippen molar-refractivity contribution in [2.45, 2.75) is 31.6 Å². The second-order valence-electron chi connectivity index (χ2n) is 9.22. The Balaban J connectivity index is 0.000000178. The molecule has 4 N–H and O–H groups in total. The molecule has 0 aliphatic heterocycles. The molecular formula is C27H30N3O4-. The third kappa shape index (κ3) is 4.70. The number of amides is 2. The highest BCUT2D eigenvalue weighted by molar-refractivity contribution is 5.70. The van der Waals surface area contributed by atoms with Crippen LogP contribution in [0.3, 0.4) is 0 Å². The summed E-state index contributed by atoms with van der Waals surface area (Å²) in [5.41, 5.74) is 14.3. The molecule has 3 aliphatic carbocycles. The first-order valence-corrected chi connectivity index (χ1v) is 11.5. The van der Waals surface area contributed by atoms with Crippen LogP contribution in [0.25, 0.3) is 0 Å². The summed E-state index contributed by atoms with van der Waals surface area (Å²) in [6.45, 7) is 2.48. The van der Waals surface area contributed by atoms with Gasteiger partial charge in [-0.05, 0) is 47.9 Å². The molecule has 34 heavy (non-hydrogen) atoms. The zero-order chi connectivity index (χ0) is 24.2. The van der Waals surface area contributed by atoms with Crippen LogP contribution in [-0.4, -0.2) is 25.2 Å². The lowest BCUT2D eigenvalue weighted by Crippen LogP contribution is -2.50. The molecule has 2 aromatic rings. The number of primary amides is 1. The predicted octanol–water partition coefficient (Wildman–Crippen LogP) is 2.16. The van der Waals surface area contributed by atoms with Crippen molar-refractivity contribution in [1.82, 2.24) is 10.9 Å². The molecule has 1 unspecified atom stereocenters. The zero-order valence-corrected chi connectivity index (χ0v) is 19.3. The number of carboxylic acid groups (broad SMARTS) is 1. The highest BCUT2D eigenvalue weighted by atomic mass is 16.5. The summed E-state index contributed by atoms with van der Waals surface area (Å²) in [6.07, 6.45) is 11.8. The Hall–Kier alpha value is -3.58. The van der Waals surface area contributed by atoms with Crippen molar-refractivity contribution in [3.8, 4) is 5.75 Å². The van der Waals surface area contributed by atoms with E-state index in [1.165, 1.54) is 5.56 Å². The molecule has 5 rings (SSSR count). The Morgan fingerprint density at radius 1 is 1.09 bits per heavy atom. The number of carboxylic acids is 1. The maximum atomic E-state index is 10.6. The molecule has 0 heterocycles. The Labute approximate surface area is 199 Å². The van der Waals surface area contributed by atoms with E-state index >= 15 is 0 Å². The van der Waals surface area contributed by atoms with Crippen LogP contribution in [0.2, 0.25) is 0 Å². The normalized spacial score (nSPS) is 25.4. The number of nitrogens with one attached hydrogen (secondary N) is 2. The summed E-state index contributed by atoms with van der Waals surface area (Å²) < 4.78 is 5.26. The number of hydrazine groups is 1.